The summed E-state index contributed by atoms with van der Waals surface area (Å²) in [6.45, 7) is 14.2. The minimum absolute atomic E-state index is 0.464. The lowest BCUT2D eigenvalue weighted by molar-refractivity contribution is 0.123. The molecule has 1 aromatic heterocycles. The molecular formula is C15H25NO2. The standard InChI is InChI=1S/C15H25NO2/c1-11(2)6-7-17-10-14-8-15(18-13(14)5)9-16-12(3)4/h8,12,16H,1,6-7,9-10H2,2-5H3. The number of ether oxygens (including phenoxy) is 1. The molecular weight excluding hydrogens is 226 g/mol. The molecule has 1 heterocycles. The van der Waals surface area contributed by atoms with Crippen molar-refractivity contribution in [2.75, 3.05) is 6.61 Å². The molecule has 0 aliphatic carbocycles. The lowest BCUT2D eigenvalue weighted by Crippen LogP contribution is -2.21. The second kappa shape index (κ2) is 7.39. The molecule has 0 aromatic carbocycles. The first-order valence-corrected chi connectivity index (χ1v) is 6.52. The molecule has 3 nitrogen and oxygen atoms in total. The Bertz CT molecular complexity index is 380. The Labute approximate surface area is 110 Å². The molecule has 1 aromatic rings. The second-order valence-electron chi connectivity index (χ2n) is 5.09. The summed E-state index contributed by atoms with van der Waals surface area (Å²) in [5, 5.41) is 3.34. The van der Waals surface area contributed by atoms with Crippen LogP contribution in [0.5, 0.6) is 0 Å². The molecule has 0 spiro atoms. The van der Waals surface area contributed by atoms with Crippen LogP contribution in [0.25, 0.3) is 0 Å². The zero-order chi connectivity index (χ0) is 13.5. The van der Waals surface area contributed by atoms with Gasteiger partial charge in [0.2, 0.25) is 0 Å². The van der Waals surface area contributed by atoms with Gasteiger partial charge in [-0.05, 0) is 26.3 Å². The van der Waals surface area contributed by atoms with Gasteiger partial charge in [-0.25, -0.2) is 0 Å². The SMILES string of the molecule is C=C(C)CCOCc1cc(CNC(C)C)oc1C. The van der Waals surface area contributed by atoms with Crippen LogP contribution < -0.4 is 5.32 Å². The van der Waals surface area contributed by atoms with E-state index in [4.69, 9.17) is 9.15 Å². The van der Waals surface area contributed by atoms with Crippen molar-refractivity contribution in [2.45, 2.75) is 53.3 Å². The van der Waals surface area contributed by atoms with Crippen molar-refractivity contribution in [3.05, 3.63) is 35.3 Å². The molecule has 0 saturated carbocycles. The molecule has 0 aliphatic heterocycles. The van der Waals surface area contributed by atoms with Crippen molar-refractivity contribution in [3.8, 4) is 0 Å². The molecule has 102 valence electrons. The van der Waals surface area contributed by atoms with Gasteiger partial charge in [0.1, 0.15) is 11.5 Å². The number of hydrogen-bond acceptors (Lipinski definition) is 3. The monoisotopic (exact) mass is 251 g/mol. The third-order valence-corrected chi connectivity index (χ3v) is 2.69. The van der Waals surface area contributed by atoms with Crippen molar-refractivity contribution < 1.29 is 9.15 Å². The molecule has 1 rings (SSSR count). The first kappa shape index (κ1) is 15.0. The zero-order valence-corrected chi connectivity index (χ0v) is 12.0. The molecule has 0 unspecified atom stereocenters. The van der Waals surface area contributed by atoms with Gasteiger partial charge >= 0.3 is 0 Å². The highest BCUT2D eigenvalue weighted by Gasteiger charge is 2.07. The summed E-state index contributed by atoms with van der Waals surface area (Å²) in [5.41, 5.74) is 2.29. The average molecular weight is 251 g/mol. The number of hydrogen-bond donors (Lipinski definition) is 1. The Morgan fingerprint density at radius 3 is 2.83 bits per heavy atom. The van der Waals surface area contributed by atoms with Gasteiger partial charge in [0.05, 0.1) is 19.8 Å². The van der Waals surface area contributed by atoms with Crippen LogP contribution in [0.15, 0.2) is 22.6 Å². The maximum absolute atomic E-state index is 5.68. The van der Waals surface area contributed by atoms with Gasteiger partial charge in [0, 0.05) is 11.6 Å². The van der Waals surface area contributed by atoms with E-state index >= 15 is 0 Å². The van der Waals surface area contributed by atoms with Crippen molar-refractivity contribution >= 4 is 0 Å². The van der Waals surface area contributed by atoms with Gasteiger partial charge in [-0.2, -0.15) is 0 Å². The largest absolute Gasteiger partial charge is 0.465 e. The lowest BCUT2D eigenvalue weighted by atomic mass is 10.2. The Morgan fingerprint density at radius 2 is 2.22 bits per heavy atom. The Balaban J connectivity index is 2.39. The topological polar surface area (TPSA) is 34.4 Å². The van der Waals surface area contributed by atoms with Gasteiger partial charge in [0.15, 0.2) is 0 Å². The molecule has 0 saturated heterocycles. The van der Waals surface area contributed by atoms with Gasteiger partial charge in [-0.1, -0.05) is 19.4 Å². The van der Waals surface area contributed by atoms with Crippen molar-refractivity contribution in [1.29, 1.82) is 0 Å². The van der Waals surface area contributed by atoms with Crippen LogP contribution in [0.3, 0.4) is 0 Å². The van der Waals surface area contributed by atoms with E-state index in [1.807, 2.05) is 13.8 Å². The second-order valence-corrected chi connectivity index (χ2v) is 5.09. The van der Waals surface area contributed by atoms with Gasteiger partial charge in [-0.3, -0.25) is 0 Å². The Kier molecular flexibility index (Phi) is 6.16. The van der Waals surface area contributed by atoms with E-state index in [0.717, 1.165) is 42.2 Å². The third kappa shape index (κ3) is 5.52. The molecule has 0 aliphatic rings. The minimum Gasteiger partial charge on any atom is -0.465 e. The average Bonchev–Trinajstić information content (AvgIpc) is 2.63. The number of aryl methyl sites for hydroxylation is 1. The highest BCUT2D eigenvalue weighted by Crippen LogP contribution is 2.16. The predicted octanol–water partition coefficient (Wildman–Crippen LogP) is 3.57. The maximum atomic E-state index is 5.68. The van der Waals surface area contributed by atoms with Gasteiger partial charge < -0.3 is 14.5 Å². The van der Waals surface area contributed by atoms with E-state index in [0.29, 0.717) is 12.6 Å². The summed E-state index contributed by atoms with van der Waals surface area (Å²) in [6.07, 6.45) is 0.915. The summed E-state index contributed by atoms with van der Waals surface area (Å²) in [6, 6.07) is 2.54. The van der Waals surface area contributed by atoms with E-state index < -0.39 is 0 Å². The van der Waals surface area contributed by atoms with Crippen LogP contribution in [0.1, 0.15) is 44.3 Å². The highest BCUT2D eigenvalue weighted by molar-refractivity contribution is 5.20. The van der Waals surface area contributed by atoms with Crippen molar-refractivity contribution in [3.63, 3.8) is 0 Å². The molecule has 0 radical (unpaired) electrons. The Morgan fingerprint density at radius 1 is 1.50 bits per heavy atom. The van der Waals surface area contributed by atoms with Crippen molar-refractivity contribution in [2.24, 2.45) is 0 Å². The first-order valence-electron chi connectivity index (χ1n) is 6.52. The molecule has 1 N–H and O–H groups in total. The molecule has 0 fully saturated rings. The zero-order valence-electron chi connectivity index (χ0n) is 12.0. The fourth-order valence-corrected chi connectivity index (χ4v) is 1.55. The summed E-state index contributed by atoms with van der Waals surface area (Å²) in [7, 11) is 0. The molecule has 3 heteroatoms. The van der Waals surface area contributed by atoms with E-state index in [-0.39, 0.29) is 0 Å². The van der Waals surface area contributed by atoms with E-state index in [2.05, 4.69) is 31.8 Å². The lowest BCUT2D eigenvalue weighted by Gasteiger charge is -2.04. The van der Waals surface area contributed by atoms with Gasteiger partial charge in [0.25, 0.3) is 0 Å². The number of rotatable bonds is 8. The van der Waals surface area contributed by atoms with Crippen LogP contribution in [0.2, 0.25) is 0 Å². The van der Waals surface area contributed by atoms with Crippen LogP contribution in [-0.2, 0) is 17.9 Å². The fourth-order valence-electron chi connectivity index (χ4n) is 1.55. The Hall–Kier alpha value is -1.06. The summed E-state index contributed by atoms with van der Waals surface area (Å²) in [5.74, 6) is 1.92. The van der Waals surface area contributed by atoms with E-state index in [1.54, 1.807) is 0 Å². The minimum atomic E-state index is 0.464. The summed E-state index contributed by atoms with van der Waals surface area (Å²) in [4.78, 5) is 0. The fraction of sp³-hybridized carbons (Fsp3) is 0.600. The van der Waals surface area contributed by atoms with E-state index in [9.17, 15) is 0 Å². The van der Waals surface area contributed by atoms with Crippen molar-refractivity contribution in [1.82, 2.24) is 5.32 Å². The molecule has 0 amide bonds. The molecule has 0 bridgehead atoms. The number of nitrogens with one attached hydrogen (secondary N) is 1. The highest BCUT2D eigenvalue weighted by atomic mass is 16.5. The number of furan rings is 1. The third-order valence-electron chi connectivity index (χ3n) is 2.69. The quantitative estimate of drug-likeness (QED) is 0.566. The molecule has 18 heavy (non-hydrogen) atoms. The summed E-state index contributed by atoms with van der Waals surface area (Å²) >= 11 is 0. The smallest absolute Gasteiger partial charge is 0.118 e. The summed E-state index contributed by atoms with van der Waals surface area (Å²) < 4.78 is 11.3. The molecule has 0 atom stereocenters. The van der Waals surface area contributed by atoms with Crippen LogP contribution in [0.4, 0.5) is 0 Å². The normalized spacial score (nSPS) is 11.2. The first-order chi connectivity index (χ1) is 8.49. The van der Waals surface area contributed by atoms with Crippen LogP contribution >= 0.6 is 0 Å². The predicted molar refractivity (Wildman–Crippen MR) is 74.5 cm³/mol. The maximum Gasteiger partial charge on any atom is 0.118 e. The van der Waals surface area contributed by atoms with E-state index in [1.165, 1.54) is 0 Å². The van der Waals surface area contributed by atoms with Gasteiger partial charge in [-0.15, -0.1) is 6.58 Å². The van der Waals surface area contributed by atoms with Crippen LogP contribution in [0, 0.1) is 6.92 Å². The van der Waals surface area contributed by atoms with Crippen LogP contribution in [-0.4, -0.2) is 12.6 Å².